The number of aliphatic carboxylic acids is 1. The largest absolute Gasteiger partial charge is 0.481 e. The molecule has 0 aliphatic carbocycles. The standard InChI is InChI=1S/C21H20N2O6S/c1-12-2-8-15(9-3-12)30(27,28)23-14-6-4-13(5-7-14)22-20(24)18-16-10-11-17(29-16)19(18)21(25)26/h2-11,16-19,23H,1H3,(H,22,24)(H,25,26)/t16-,17+,18+,19+/m1/s1. The topological polar surface area (TPSA) is 122 Å². The summed E-state index contributed by atoms with van der Waals surface area (Å²) in [6, 6.07) is 12.6. The molecule has 4 rings (SSSR count). The summed E-state index contributed by atoms with van der Waals surface area (Å²) in [7, 11) is -3.73. The summed E-state index contributed by atoms with van der Waals surface area (Å²) in [5.41, 5.74) is 1.72. The van der Waals surface area contributed by atoms with Gasteiger partial charge in [-0.05, 0) is 43.3 Å². The highest BCUT2D eigenvalue weighted by Gasteiger charge is 2.53. The molecule has 1 saturated heterocycles. The molecule has 0 unspecified atom stereocenters. The summed E-state index contributed by atoms with van der Waals surface area (Å²) in [6.45, 7) is 1.87. The summed E-state index contributed by atoms with van der Waals surface area (Å²) in [5, 5.41) is 12.1. The molecule has 8 nitrogen and oxygen atoms in total. The normalized spacial score (nSPS) is 24.6. The number of benzene rings is 2. The van der Waals surface area contributed by atoms with Crippen LogP contribution in [0.3, 0.4) is 0 Å². The molecule has 4 atom stereocenters. The van der Waals surface area contributed by atoms with Crippen LogP contribution < -0.4 is 10.0 Å². The van der Waals surface area contributed by atoms with Crippen molar-refractivity contribution in [3.63, 3.8) is 0 Å². The summed E-state index contributed by atoms with van der Waals surface area (Å²) in [4.78, 5) is 24.3. The van der Waals surface area contributed by atoms with Crippen molar-refractivity contribution < 1.29 is 27.9 Å². The van der Waals surface area contributed by atoms with Crippen LogP contribution in [0.25, 0.3) is 0 Å². The van der Waals surface area contributed by atoms with Crippen LogP contribution in [0.5, 0.6) is 0 Å². The smallest absolute Gasteiger partial charge is 0.310 e. The number of hydrogen-bond acceptors (Lipinski definition) is 5. The highest BCUT2D eigenvalue weighted by atomic mass is 32.2. The second-order valence-electron chi connectivity index (χ2n) is 7.33. The van der Waals surface area contributed by atoms with Gasteiger partial charge in [-0.2, -0.15) is 0 Å². The van der Waals surface area contributed by atoms with Crippen LogP contribution in [0.15, 0.2) is 65.6 Å². The molecule has 2 aromatic carbocycles. The molecule has 2 aliphatic rings. The first kappa shape index (κ1) is 20.1. The van der Waals surface area contributed by atoms with Crippen LogP contribution in [-0.2, 0) is 24.3 Å². The Labute approximate surface area is 173 Å². The van der Waals surface area contributed by atoms with Crippen molar-refractivity contribution in [3.05, 3.63) is 66.2 Å². The number of carbonyl (C=O) groups is 2. The number of carbonyl (C=O) groups excluding carboxylic acids is 1. The van der Waals surface area contributed by atoms with E-state index in [0.717, 1.165) is 5.56 Å². The molecule has 2 aliphatic heterocycles. The van der Waals surface area contributed by atoms with E-state index in [9.17, 15) is 23.1 Å². The molecule has 0 radical (unpaired) electrons. The van der Waals surface area contributed by atoms with Crippen LogP contribution in [-0.4, -0.2) is 37.6 Å². The highest BCUT2D eigenvalue weighted by Crippen LogP contribution is 2.39. The molecule has 1 fully saturated rings. The first-order chi connectivity index (χ1) is 14.2. The molecular weight excluding hydrogens is 408 g/mol. The maximum atomic E-state index is 12.6. The lowest BCUT2D eigenvalue weighted by Gasteiger charge is -2.21. The maximum Gasteiger partial charge on any atom is 0.310 e. The number of carboxylic acid groups (broad SMARTS) is 1. The lowest BCUT2D eigenvalue weighted by molar-refractivity contribution is -0.145. The lowest BCUT2D eigenvalue weighted by Crippen LogP contribution is -2.39. The number of hydrogen-bond donors (Lipinski definition) is 3. The SMILES string of the molecule is Cc1ccc(S(=O)(=O)Nc2ccc(NC(=O)[C@@H]3[C@@H](C(=O)O)[C@@H]4C=C[C@H]3O4)cc2)cc1. The van der Waals surface area contributed by atoms with E-state index in [0.29, 0.717) is 11.4 Å². The summed E-state index contributed by atoms with van der Waals surface area (Å²) in [6.07, 6.45) is 2.22. The predicted molar refractivity (Wildman–Crippen MR) is 109 cm³/mol. The van der Waals surface area contributed by atoms with Gasteiger partial charge in [-0.1, -0.05) is 29.8 Å². The van der Waals surface area contributed by atoms with Gasteiger partial charge in [0.1, 0.15) is 5.92 Å². The monoisotopic (exact) mass is 428 g/mol. The van der Waals surface area contributed by atoms with Gasteiger partial charge in [0.05, 0.1) is 23.0 Å². The molecule has 2 aromatic rings. The van der Waals surface area contributed by atoms with Crippen molar-refractivity contribution in [1.82, 2.24) is 0 Å². The van der Waals surface area contributed by atoms with E-state index in [2.05, 4.69) is 10.0 Å². The summed E-state index contributed by atoms with van der Waals surface area (Å²) < 4.78 is 32.9. The van der Waals surface area contributed by atoms with Gasteiger partial charge in [0.25, 0.3) is 10.0 Å². The van der Waals surface area contributed by atoms with E-state index >= 15 is 0 Å². The van der Waals surface area contributed by atoms with E-state index in [-0.39, 0.29) is 4.90 Å². The number of nitrogens with one attached hydrogen (secondary N) is 2. The Hall–Kier alpha value is -3.17. The van der Waals surface area contributed by atoms with Crippen molar-refractivity contribution >= 4 is 33.3 Å². The van der Waals surface area contributed by atoms with Crippen molar-refractivity contribution in [2.24, 2.45) is 11.8 Å². The zero-order valence-corrected chi connectivity index (χ0v) is 16.8. The molecule has 9 heteroatoms. The fourth-order valence-corrected chi connectivity index (χ4v) is 4.75. The van der Waals surface area contributed by atoms with Gasteiger partial charge in [-0.3, -0.25) is 14.3 Å². The van der Waals surface area contributed by atoms with Gasteiger partial charge in [0, 0.05) is 11.4 Å². The molecule has 0 aromatic heterocycles. The molecule has 3 N–H and O–H groups in total. The maximum absolute atomic E-state index is 12.6. The summed E-state index contributed by atoms with van der Waals surface area (Å²) >= 11 is 0. The molecular formula is C21H20N2O6S. The number of carboxylic acids is 1. The van der Waals surface area contributed by atoms with Crippen molar-refractivity contribution in [2.75, 3.05) is 10.0 Å². The van der Waals surface area contributed by atoms with Crippen molar-refractivity contribution in [1.29, 1.82) is 0 Å². The highest BCUT2D eigenvalue weighted by molar-refractivity contribution is 7.92. The number of amides is 1. The van der Waals surface area contributed by atoms with Crippen LogP contribution in [0.2, 0.25) is 0 Å². The zero-order chi connectivity index (χ0) is 21.5. The van der Waals surface area contributed by atoms with Gasteiger partial charge in [-0.25, -0.2) is 8.42 Å². The third-order valence-electron chi connectivity index (χ3n) is 5.22. The minimum atomic E-state index is -3.73. The lowest BCUT2D eigenvalue weighted by atomic mass is 9.82. The van der Waals surface area contributed by atoms with E-state index in [4.69, 9.17) is 4.74 Å². The number of sulfonamides is 1. The van der Waals surface area contributed by atoms with Crippen molar-refractivity contribution in [2.45, 2.75) is 24.0 Å². The number of aryl methyl sites for hydroxylation is 1. The third kappa shape index (κ3) is 3.81. The van der Waals surface area contributed by atoms with Crippen LogP contribution in [0.1, 0.15) is 5.56 Å². The van der Waals surface area contributed by atoms with E-state index in [1.807, 2.05) is 6.92 Å². The van der Waals surface area contributed by atoms with Crippen LogP contribution in [0.4, 0.5) is 11.4 Å². The van der Waals surface area contributed by atoms with Gasteiger partial charge in [-0.15, -0.1) is 0 Å². The molecule has 30 heavy (non-hydrogen) atoms. The Kier molecular flexibility index (Phi) is 5.08. The minimum absolute atomic E-state index is 0.148. The van der Waals surface area contributed by atoms with Crippen molar-refractivity contribution in [3.8, 4) is 0 Å². The average Bonchev–Trinajstić information content (AvgIpc) is 3.31. The molecule has 0 saturated carbocycles. The van der Waals surface area contributed by atoms with Gasteiger partial charge in [0.15, 0.2) is 0 Å². The fraction of sp³-hybridized carbons (Fsp3) is 0.238. The molecule has 1 amide bonds. The number of fused-ring (bicyclic) bond motifs is 2. The second-order valence-corrected chi connectivity index (χ2v) is 9.01. The fourth-order valence-electron chi connectivity index (χ4n) is 3.69. The second kappa shape index (κ2) is 7.58. The van der Waals surface area contributed by atoms with E-state index in [1.54, 1.807) is 36.4 Å². The number of anilines is 2. The number of rotatable bonds is 6. The molecule has 0 spiro atoms. The average molecular weight is 428 g/mol. The Morgan fingerprint density at radius 2 is 1.47 bits per heavy atom. The van der Waals surface area contributed by atoms with Gasteiger partial charge in [0.2, 0.25) is 5.91 Å². The zero-order valence-electron chi connectivity index (χ0n) is 16.0. The third-order valence-corrected chi connectivity index (χ3v) is 6.62. The molecule has 2 heterocycles. The van der Waals surface area contributed by atoms with Gasteiger partial charge < -0.3 is 15.2 Å². The molecule has 156 valence electrons. The predicted octanol–water partition coefficient (Wildman–Crippen LogP) is 2.39. The van der Waals surface area contributed by atoms with Crippen LogP contribution in [0, 0.1) is 18.8 Å². The Balaban J connectivity index is 1.44. The van der Waals surface area contributed by atoms with E-state index in [1.165, 1.54) is 24.3 Å². The minimum Gasteiger partial charge on any atom is -0.481 e. The molecule has 2 bridgehead atoms. The summed E-state index contributed by atoms with van der Waals surface area (Å²) in [5.74, 6) is -3.28. The van der Waals surface area contributed by atoms with Gasteiger partial charge >= 0.3 is 5.97 Å². The quantitative estimate of drug-likeness (QED) is 0.608. The first-order valence-corrected chi connectivity index (χ1v) is 10.8. The Morgan fingerprint density at radius 1 is 0.900 bits per heavy atom. The Morgan fingerprint density at radius 3 is 2.07 bits per heavy atom. The number of ether oxygens (including phenoxy) is 1. The Bertz CT molecular complexity index is 1110. The van der Waals surface area contributed by atoms with Crippen LogP contribution >= 0.6 is 0 Å². The van der Waals surface area contributed by atoms with E-state index < -0.39 is 45.9 Å². The first-order valence-electron chi connectivity index (χ1n) is 9.31.